The molecule has 0 aliphatic rings. The van der Waals surface area contributed by atoms with Crippen LogP contribution in [0.5, 0.6) is 5.75 Å². The summed E-state index contributed by atoms with van der Waals surface area (Å²) < 4.78 is 28.0. The van der Waals surface area contributed by atoms with Crippen LogP contribution >= 0.6 is 0 Å². The maximum Gasteiger partial charge on any atom is 0.238 e. The first kappa shape index (κ1) is 16.2. The number of ether oxygens (including phenoxy) is 1. The number of hydrogen-bond donors (Lipinski definition) is 1. The van der Waals surface area contributed by atoms with Gasteiger partial charge in [0.25, 0.3) is 0 Å². The summed E-state index contributed by atoms with van der Waals surface area (Å²) >= 11 is 0. The number of nitrogens with two attached hydrogens (primary N) is 1. The molecule has 4 nitrogen and oxygen atoms in total. The van der Waals surface area contributed by atoms with E-state index in [0.717, 1.165) is 28.0 Å². The maximum absolute atomic E-state index is 11.4. The molecular formula is C19H17NO3S. The van der Waals surface area contributed by atoms with Gasteiger partial charge in [-0.25, -0.2) is 13.6 Å². The average molecular weight is 339 g/mol. The molecule has 0 amide bonds. The highest BCUT2D eigenvalue weighted by Gasteiger charge is 2.10. The fourth-order valence-electron chi connectivity index (χ4n) is 2.58. The first-order chi connectivity index (χ1) is 11.5. The normalized spacial score (nSPS) is 11.2. The van der Waals surface area contributed by atoms with E-state index in [-0.39, 0.29) is 4.90 Å². The van der Waals surface area contributed by atoms with Crippen molar-refractivity contribution in [2.75, 3.05) is 7.11 Å². The van der Waals surface area contributed by atoms with Crippen LogP contribution in [0.3, 0.4) is 0 Å². The highest BCUT2D eigenvalue weighted by molar-refractivity contribution is 7.89. The molecule has 0 bridgehead atoms. The van der Waals surface area contributed by atoms with Crippen molar-refractivity contribution >= 4 is 10.0 Å². The summed E-state index contributed by atoms with van der Waals surface area (Å²) in [5.41, 5.74) is 4.06. The van der Waals surface area contributed by atoms with Gasteiger partial charge >= 0.3 is 0 Å². The first-order valence-corrected chi connectivity index (χ1v) is 8.90. The van der Waals surface area contributed by atoms with Crippen LogP contribution in [0.2, 0.25) is 0 Å². The van der Waals surface area contributed by atoms with E-state index in [4.69, 9.17) is 9.88 Å². The van der Waals surface area contributed by atoms with E-state index in [0.29, 0.717) is 0 Å². The van der Waals surface area contributed by atoms with Gasteiger partial charge in [0.05, 0.1) is 12.0 Å². The van der Waals surface area contributed by atoms with Gasteiger partial charge < -0.3 is 4.74 Å². The maximum atomic E-state index is 11.4. The molecule has 0 atom stereocenters. The highest BCUT2D eigenvalue weighted by Crippen LogP contribution is 2.33. The molecule has 0 radical (unpaired) electrons. The average Bonchev–Trinajstić information content (AvgIpc) is 2.61. The minimum Gasteiger partial charge on any atom is -0.497 e. The Balaban J connectivity index is 2.06. The van der Waals surface area contributed by atoms with Crippen LogP contribution in [0, 0.1) is 0 Å². The lowest BCUT2D eigenvalue weighted by Crippen LogP contribution is -2.11. The largest absolute Gasteiger partial charge is 0.497 e. The zero-order valence-electron chi connectivity index (χ0n) is 13.1. The van der Waals surface area contributed by atoms with Crippen molar-refractivity contribution in [2.24, 2.45) is 5.14 Å². The van der Waals surface area contributed by atoms with Crippen molar-refractivity contribution in [3.05, 3.63) is 72.8 Å². The lowest BCUT2D eigenvalue weighted by Gasteiger charge is -2.11. The molecule has 2 N–H and O–H groups in total. The second-order valence-electron chi connectivity index (χ2n) is 5.34. The summed E-state index contributed by atoms with van der Waals surface area (Å²) in [5, 5.41) is 5.15. The number of benzene rings is 3. The first-order valence-electron chi connectivity index (χ1n) is 7.36. The summed E-state index contributed by atoms with van der Waals surface area (Å²) in [4.78, 5) is 0.105. The Morgan fingerprint density at radius 1 is 0.750 bits per heavy atom. The molecule has 3 rings (SSSR count). The summed E-state index contributed by atoms with van der Waals surface area (Å²) in [6.45, 7) is 0. The summed E-state index contributed by atoms with van der Waals surface area (Å²) in [5.74, 6) is 0.800. The Morgan fingerprint density at radius 2 is 1.21 bits per heavy atom. The molecule has 0 unspecified atom stereocenters. The van der Waals surface area contributed by atoms with E-state index < -0.39 is 10.0 Å². The van der Waals surface area contributed by atoms with Crippen LogP contribution < -0.4 is 9.88 Å². The Labute approximate surface area is 141 Å². The topological polar surface area (TPSA) is 69.4 Å². The van der Waals surface area contributed by atoms with E-state index >= 15 is 0 Å². The number of primary sulfonamides is 1. The van der Waals surface area contributed by atoms with Gasteiger partial charge in [-0.05, 0) is 46.5 Å². The number of rotatable bonds is 4. The van der Waals surface area contributed by atoms with Crippen molar-refractivity contribution in [1.29, 1.82) is 0 Å². The molecule has 3 aromatic rings. The van der Waals surface area contributed by atoms with Gasteiger partial charge in [-0.15, -0.1) is 0 Å². The monoisotopic (exact) mass is 339 g/mol. The van der Waals surface area contributed by atoms with Crippen molar-refractivity contribution in [1.82, 2.24) is 0 Å². The van der Waals surface area contributed by atoms with Crippen LogP contribution in [0.4, 0.5) is 0 Å². The van der Waals surface area contributed by atoms with Gasteiger partial charge in [0.15, 0.2) is 0 Å². The minimum atomic E-state index is -3.69. The molecule has 0 saturated carbocycles. The molecule has 5 heteroatoms. The number of sulfonamides is 1. The second-order valence-corrected chi connectivity index (χ2v) is 6.90. The summed E-state index contributed by atoms with van der Waals surface area (Å²) in [6.07, 6.45) is 0. The van der Waals surface area contributed by atoms with Gasteiger partial charge in [-0.2, -0.15) is 0 Å². The highest BCUT2D eigenvalue weighted by atomic mass is 32.2. The zero-order valence-corrected chi connectivity index (χ0v) is 14.0. The molecule has 0 fully saturated rings. The predicted octanol–water partition coefficient (Wildman–Crippen LogP) is 3.68. The van der Waals surface area contributed by atoms with E-state index in [2.05, 4.69) is 0 Å². The van der Waals surface area contributed by atoms with Gasteiger partial charge in [0.1, 0.15) is 5.75 Å². The third kappa shape index (κ3) is 3.32. The van der Waals surface area contributed by atoms with Crippen LogP contribution in [0.25, 0.3) is 22.3 Å². The fraction of sp³-hybridized carbons (Fsp3) is 0.0526. The Morgan fingerprint density at radius 3 is 1.62 bits per heavy atom. The van der Waals surface area contributed by atoms with Crippen molar-refractivity contribution < 1.29 is 13.2 Å². The third-order valence-corrected chi connectivity index (χ3v) is 4.75. The summed E-state index contributed by atoms with van der Waals surface area (Å²) in [6, 6.07) is 22.4. The smallest absolute Gasteiger partial charge is 0.238 e. The van der Waals surface area contributed by atoms with Gasteiger partial charge in [-0.3, -0.25) is 0 Å². The van der Waals surface area contributed by atoms with Crippen molar-refractivity contribution in [3.63, 3.8) is 0 Å². The molecule has 0 saturated heterocycles. The van der Waals surface area contributed by atoms with Gasteiger partial charge in [0, 0.05) is 0 Å². The molecule has 3 aromatic carbocycles. The van der Waals surface area contributed by atoms with E-state index in [1.54, 1.807) is 19.2 Å². The van der Waals surface area contributed by atoms with Crippen LogP contribution in [0.1, 0.15) is 0 Å². The van der Waals surface area contributed by atoms with Gasteiger partial charge in [-0.1, -0.05) is 48.5 Å². The van der Waals surface area contributed by atoms with Gasteiger partial charge in [0.2, 0.25) is 10.0 Å². The molecule has 0 heterocycles. The van der Waals surface area contributed by atoms with E-state index in [9.17, 15) is 8.42 Å². The van der Waals surface area contributed by atoms with Crippen LogP contribution in [-0.4, -0.2) is 15.5 Å². The summed E-state index contributed by atoms with van der Waals surface area (Å²) in [7, 11) is -2.05. The minimum absolute atomic E-state index is 0.105. The quantitative estimate of drug-likeness (QED) is 0.788. The molecule has 0 aliphatic heterocycles. The SMILES string of the molecule is COc1ccc(-c2ccccc2-c2ccc(S(N)(=O)=O)cc2)cc1. The van der Waals surface area contributed by atoms with Crippen molar-refractivity contribution in [3.8, 4) is 28.0 Å². The lowest BCUT2D eigenvalue weighted by atomic mass is 9.95. The standard InChI is InChI=1S/C19H17NO3S/c1-23-16-10-6-14(7-11-16)18-4-2-3-5-19(18)15-8-12-17(13-9-15)24(20,21)22/h2-13H,1H3,(H2,20,21,22). The Hall–Kier alpha value is -2.63. The van der Waals surface area contributed by atoms with Crippen LogP contribution in [-0.2, 0) is 10.0 Å². The fourth-order valence-corrected chi connectivity index (χ4v) is 3.10. The molecule has 24 heavy (non-hydrogen) atoms. The predicted molar refractivity (Wildman–Crippen MR) is 95.2 cm³/mol. The Kier molecular flexibility index (Phi) is 4.38. The van der Waals surface area contributed by atoms with Crippen molar-refractivity contribution in [2.45, 2.75) is 4.90 Å². The van der Waals surface area contributed by atoms with Crippen LogP contribution in [0.15, 0.2) is 77.7 Å². The molecule has 0 spiro atoms. The second kappa shape index (κ2) is 6.47. The third-order valence-electron chi connectivity index (χ3n) is 3.82. The Bertz CT molecular complexity index is 947. The number of hydrogen-bond acceptors (Lipinski definition) is 3. The molecule has 0 aliphatic carbocycles. The molecular weight excluding hydrogens is 322 g/mol. The lowest BCUT2D eigenvalue weighted by molar-refractivity contribution is 0.415. The molecule has 0 aromatic heterocycles. The zero-order chi connectivity index (χ0) is 17.2. The van der Waals surface area contributed by atoms with E-state index in [1.165, 1.54) is 12.1 Å². The van der Waals surface area contributed by atoms with E-state index in [1.807, 2.05) is 48.5 Å². The molecule has 122 valence electrons. The number of methoxy groups -OCH3 is 1.